The van der Waals surface area contributed by atoms with E-state index in [0.717, 1.165) is 17.9 Å². The minimum absolute atomic E-state index is 0.171. The monoisotopic (exact) mass is 285 g/mol. The Labute approximate surface area is 127 Å². The second-order valence-corrected chi connectivity index (χ2v) is 7.77. The van der Waals surface area contributed by atoms with E-state index in [-0.39, 0.29) is 24.8 Å². The van der Waals surface area contributed by atoms with E-state index in [0.29, 0.717) is 11.3 Å². The van der Waals surface area contributed by atoms with Gasteiger partial charge in [-0.25, -0.2) is 0 Å². The van der Waals surface area contributed by atoms with Gasteiger partial charge in [-0.1, -0.05) is 44.2 Å². The van der Waals surface area contributed by atoms with Crippen molar-refractivity contribution in [2.24, 2.45) is 23.0 Å². The zero-order valence-corrected chi connectivity index (χ0v) is 13.1. The van der Waals surface area contributed by atoms with Gasteiger partial charge in [0.15, 0.2) is 0 Å². The largest absolute Gasteiger partial charge is 0.480 e. The van der Waals surface area contributed by atoms with Crippen LogP contribution in [-0.4, -0.2) is 18.8 Å². The lowest BCUT2D eigenvalue weighted by molar-refractivity contribution is -0.199. The van der Waals surface area contributed by atoms with Gasteiger partial charge in [-0.05, 0) is 42.6 Å². The first-order valence-electron chi connectivity index (χ1n) is 8.06. The summed E-state index contributed by atoms with van der Waals surface area (Å²) >= 11 is 0. The minimum atomic E-state index is -0.322. The highest BCUT2D eigenvalue weighted by Gasteiger charge is 2.68. The van der Waals surface area contributed by atoms with Gasteiger partial charge in [-0.2, -0.15) is 0 Å². The van der Waals surface area contributed by atoms with Crippen LogP contribution in [0.2, 0.25) is 0 Å². The van der Waals surface area contributed by atoms with Gasteiger partial charge in [0, 0.05) is 0 Å². The Hall–Kier alpha value is -0.835. The van der Waals surface area contributed by atoms with Crippen LogP contribution in [0.5, 0.6) is 0 Å². The van der Waals surface area contributed by atoms with Gasteiger partial charge in [0.05, 0.1) is 17.6 Å². The van der Waals surface area contributed by atoms with Crippen molar-refractivity contribution in [2.75, 3.05) is 0 Å². The fourth-order valence-corrected chi connectivity index (χ4v) is 4.88. The van der Waals surface area contributed by atoms with Crippen LogP contribution in [0.25, 0.3) is 0 Å². The van der Waals surface area contributed by atoms with Crippen molar-refractivity contribution in [2.45, 2.75) is 51.3 Å². The van der Waals surface area contributed by atoms with Crippen LogP contribution >= 0.6 is 0 Å². The summed E-state index contributed by atoms with van der Waals surface area (Å²) < 4.78 is 12.6. The zero-order valence-electron chi connectivity index (χ0n) is 13.1. The van der Waals surface area contributed by atoms with E-state index < -0.39 is 0 Å². The van der Waals surface area contributed by atoms with Crippen molar-refractivity contribution in [1.29, 1.82) is 0 Å². The summed E-state index contributed by atoms with van der Waals surface area (Å²) in [4.78, 5) is 0. The highest BCUT2D eigenvalue weighted by Crippen LogP contribution is 2.65. The van der Waals surface area contributed by atoms with Crippen LogP contribution < -0.4 is 5.73 Å². The van der Waals surface area contributed by atoms with E-state index in [1.807, 2.05) is 30.3 Å². The maximum absolute atomic E-state index is 6.41. The van der Waals surface area contributed by atoms with Crippen LogP contribution in [0.3, 0.4) is 0 Å². The molecular weight excluding hydrogens is 261 g/mol. The Morgan fingerprint density at radius 1 is 1.19 bits per heavy atom. The van der Waals surface area contributed by atoms with Crippen molar-refractivity contribution < 1.29 is 9.31 Å². The Kier molecular flexibility index (Phi) is 2.85. The van der Waals surface area contributed by atoms with Gasteiger partial charge >= 0.3 is 7.12 Å². The van der Waals surface area contributed by atoms with Gasteiger partial charge in [-0.3, -0.25) is 0 Å². The molecule has 3 nitrogen and oxygen atoms in total. The Balaban J connectivity index is 1.57. The highest BCUT2D eigenvalue weighted by molar-refractivity contribution is 6.47. The maximum atomic E-state index is 6.41. The lowest BCUT2D eigenvalue weighted by Gasteiger charge is -2.64. The van der Waals surface area contributed by atoms with E-state index in [9.17, 15) is 0 Å². The van der Waals surface area contributed by atoms with Crippen molar-refractivity contribution in [3.05, 3.63) is 35.9 Å². The van der Waals surface area contributed by atoms with Gasteiger partial charge in [0.2, 0.25) is 0 Å². The molecule has 21 heavy (non-hydrogen) atoms. The highest BCUT2D eigenvalue weighted by atomic mass is 16.7. The second-order valence-electron chi connectivity index (χ2n) is 7.77. The van der Waals surface area contributed by atoms with Crippen molar-refractivity contribution in [3.8, 4) is 0 Å². The molecule has 0 radical (unpaired) electrons. The molecule has 112 valence electrons. The quantitative estimate of drug-likeness (QED) is 0.850. The molecule has 2 N–H and O–H groups in total. The average Bonchev–Trinajstić information content (AvgIpc) is 2.84. The number of nitrogens with two attached hydrogens (primary N) is 1. The smallest absolute Gasteiger partial charge is 0.404 e. The van der Waals surface area contributed by atoms with Crippen molar-refractivity contribution in [3.63, 3.8) is 0 Å². The molecule has 0 aromatic heterocycles. The normalized spacial score (nSPS) is 41.3. The third-order valence-electron chi connectivity index (χ3n) is 6.45. The third-order valence-corrected chi connectivity index (χ3v) is 6.45. The molecule has 0 amide bonds. The predicted octanol–water partition coefficient (Wildman–Crippen LogP) is 2.95. The van der Waals surface area contributed by atoms with Gasteiger partial charge < -0.3 is 15.0 Å². The van der Waals surface area contributed by atoms with Crippen LogP contribution in [0.1, 0.15) is 45.1 Å². The third kappa shape index (κ3) is 1.79. The fraction of sp³-hybridized carbons (Fsp3) is 0.647. The van der Waals surface area contributed by atoms with E-state index in [1.54, 1.807) is 0 Å². The molecule has 1 aliphatic heterocycles. The first-order valence-corrected chi connectivity index (χ1v) is 8.06. The van der Waals surface area contributed by atoms with E-state index in [4.69, 9.17) is 15.0 Å². The average molecular weight is 285 g/mol. The number of hydrogen-bond donors (Lipinski definition) is 1. The van der Waals surface area contributed by atoms with E-state index in [2.05, 4.69) is 20.8 Å². The molecule has 1 saturated heterocycles. The van der Waals surface area contributed by atoms with Crippen molar-refractivity contribution >= 4 is 7.12 Å². The summed E-state index contributed by atoms with van der Waals surface area (Å²) in [5.74, 6) is 1.14. The summed E-state index contributed by atoms with van der Waals surface area (Å²) in [6.45, 7) is 6.99. The van der Waals surface area contributed by atoms with E-state index >= 15 is 0 Å². The summed E-state index contributed by atoms with van der Waals surface area (Å²) in [5.41, 5.74) is 7.67. The number of benzene rings is 1. The first-order chi connectivity index (χ1) is 9.93. The molecule has 4 heteroatoms. The molecule has 1 aromatic rings. The lowest BCUT2D eigenvalue weighted by Crippen LogP contribution is -2.65. The molecule has 2 bridgehead atoms. The molecule has 0 unspecified atom stereocenters. The Morgan fingerprint density at radius 3 is 2.57 bits per heavy atom. The Morgan fingerprint density at radius 2 is 1.90 bits per heavy atom. The summed E-state index contributed by atoms with van der Waals surface area (Å²) in [6, 6.07) is 10.1. The van der Waals surface area contributed by atoms with Crippen molar-refractivity contribution in [1.82, 2.24) is 0 Å². The maximum Gasteiger partial charge on any atom is 0.480 e. The molecule has 5 rings (SSSR count). The van der Waals surface area contributed by atoms with Crippen LogP contribution in [0.4, 0.5) is 0 Å². The molecule has 1 heterocycles. The lowest BCUT2D eigenvalue weighted by atomic mass is 9.43. The van der Waals surface area contributed by atoms with E-state index in [1.165, 1.54) is 6.42 Å². The first kappa shape index (κ1) is 13.8. The number of rotatable bonds is 2. The standard InChI is InChI=1S/C17H24BNO2/c1-16(2)12-9-13(16)17(3)14(10-12)20-18(21-17)15(19)11-7-5-4-6-8-11/h4-8,12-15H,9-10,19H2,1-3H3/t12-,13+,14-,15+,17+/m0/s1. The SMILES string of the molecule is CC1(C)[C@@H]2C[C@@H]3OB([C@H](N)c4ccccc4)O[C@]3(C)[C@@H]1C2. The molecule has 3 aliphatic carbocycles. The Bertz CT molecular complexity index is 549. The van der Waals surface area contributed by atoms with Crippen LogP contribution in [0, 0.1) is 17.3 Å². The van der Waals surface area contributed by atoms with Gasteiger partial charge in [-0.15, -0.1) is 0 Å². The summed E-state index contributed by atoms with van der Waals surface area (Å²) in [7, 11) is -0.322. The molecule has 4 aliphatic rings. The molecule has 0 spiro atoms. The molecule has 3 saturated carbocycles. The number of hydrogen-bond acceptors (Lipinski definition) is 3. The van der Waals surface area contributed by atoms with Crippen LogP contribution in [0.15, 0.2) is 30.3 Å². The molecule has 4 fully saturated rings. The van der Waals surface area contributed by atoms with Gasteiger partial charge in [0.25, 0.3) is 0 Å². The minimum Gasteiger partial charge on any atom is -0.404 e. The molecule has 1 aromatic carbocycles. The molecule has 5 atom stereocenters. The second kappa shape index (κ2) is 4.34. The fourth-order valence-electron chi connectivity index (χ4n) is 4.88. The zero-order chi connectivity index (χ0) is 14.8. The summed E-state index contributed by atoms with van der Waals surface area (Å²) in [6.07, 6.45) is 2.59. The summed E-state index contributed by atoms with van der Waals surface area (Å²) in [5, 5.41) is 0. The van der Waals surface area contributed by atoms with Gasteiger partial charge in [0.1, 0.15) is 0 Å². The van der Waals surface area contributed by atoms with Crippen LogP contribution in [-0.2, 0) is 9.31 Å². The predicted molar refractivity (Wildman–Crippen MR) is 83.5 cm³/mol. The topological polar surface area (TPSA) is 44.5 Å². The molecular formula is C17H24BNO2.